The predicted molar refractivity (Wildman–Crippen MR) is 107 cm³/mol. The van der Waals surface area contributed by atoms with Crippen LogP contribution < -0.4 is 9.88 Å². The number of aliphatic carboxylic acids is 2. The van der Waals surface area contributed by atoms with Crippen LogP contribution in [0.2, 0.25) is 0 Å². The molecule has 1 aromatic rings. The van der Waals surface area contributed by atoms with Gasteiger partial charge in [-0.2, -0.15) is 0 Å². The summed E-state index contributed by atoms with van der Waals surface area (Å²) in [6.07, 6.45) is 12.1. The summed E-state index contributed by atoms with van der Waals surface area (Å²) in [4.78, 5) is 26.4. The topological polar surface area (TPSA) is 90.7 Å². The molecular formula is C20H24N2O4S. The van der Waals surface area contributed by atoms with Gasteiger partial charge in [0.2, 0.25) is 0 Å². The summed E-state index contributed by atoms with van der Waals surface area (Å²) in [6.45, 7) is 7.82. The molecule has 6 nitrogen and oxygen atoms in total. The Balaban J connectivity index is 0.000000279. The fourth-order valence-corrected chi connectivity index (χ4v) is 3.86. The van der Waals surface area contributed by atoms with Gasteiger partial charge in [0.25, 0.3) is 0 Å². The Hall–Kier alpha value is -2.51. The zero-order valence-corrected chi connectivity index (χ0v) is 16.3. The van der Waals surface area contributed by atoms with E-state index in [1.54, 1.807) is 0 Å². The van der Waals surface area contributed by atoms with Gasteiger partial charge in [0.15, 0.2) is 0 Å². The highest BCUT2D eigenvalue weighted by Crippen LogP contribution is 2.23. The van der Waals surface area contributed by atoms with E-state index in [2.05, 4.69) is 43.1 Å². The third kappa shape index (κ3) is 6.01. The van der Waals surface area contributed by atoms with Crippen LogP contribution in [0.3, 0.4) is 0 Å². The zero-order chi connectivity index (χ0) is 19.8. The predicted octanol–water partition coefficient (Wildman–Crippen LogP) is 1.57. The van der Waals surface area contributed by atoms with E-state index in [0.29, 0.717) is 12.2 Å². The van der Waals surface area contributed by atoms with Crippen molar-refractivity contribution >= 4 is 34.9 Å². The number of carboxylic acid groups (broad SMARTS) is 2. The maximum absolute atomic E-state index is 9.55. The summed E-state index contributed by atoms with van der Waals surface area (Å²) in [6, 6.07) is 0. The maximum Gasteiger partial charge on any atom is 0.328 e. The molecule has 0 unspecified atom stereocenters. The van der Waals surface area contributed by atoms with E-state index in [-0.39, 0.29) is 0 Å². The normalized spacial score (nSPS) is 14.3. The summed E-state index contributed by atoms with van der Waals surface area (Å²) >= 11 is 1.87. The lowest BCUT2D eigenvalue weighted by atomic mass is 10.0. The van der Waals surface area contributed by atoms with Crippen LogP contribution in [0.5, 0.6) is 0 Å². The van der Waals surface area contributed by atoms with Crippen LogP contribution in [-0.2, 0) is 16.0 Å². The lowest BCUT2D eigenvalue weighted by Gasteiger charge is -2.16. The van der Waals surface area contributed by atoms with Crippen molar-refractivity contribution in [3.05, 3.63) is 50.8 Å². The van der Waals surface area contributed by atoms with Crippen molar-refractivity contribution in [2.45, 2.75) is 26.7 Å². The molecule has 0 atom stereocenters. The average Bonchev–Trinajstić information content (AvgIpc) is 3.19. The Morgan fingerprint density at radius 1 is 1.22 bits per heavy atom. The Morgan fingerprint density at radius 2 is 1.89 bits per heavy atom. The molecule has 2 N–H and O–H groups in total. The largest absolute Gasteiger partial charge is 0.478 e. The lowest BCUT2D eigenvalue weighted by molar-refractivity contribution is -0.134. The molecule has 7 heteroatoms. The average molecular weight is 388 g/mol. The monoisotopic (exact) mass is 388 g/mol. The van der Waals surface area contributed by atoms with E-state index >= 15 is 0 Å². The number of thiazole rings is 1. The van der Waals surface area contributed by atoms with Crippen molar-refractivity contribution in [3.8, 4) is 0 Å². The molecule has 3 rings (SSSR count). The second-order valence-electron chi connectivity index (χ2n) is 5.98. The molecule has 0 radical (unpaired) electrons. The van der Waals surface area contributed by atoms with Crippen molar-refractivity contribution < 1.29 is 19.8 Å². The van der Waals surface area contributed by atoms with Crippen LogP contribution in [-0.4, -0.2) is 51.7 Å². The summed E-state index contributed by atoms with van der Waals surface area (Å²) < 4.78 is 1.36. The summed E-state index contributed by atoms with van der Waals surface area (Å²) in [5.74, 6) is -2.51. The van der Waals surface area contributed by atoms with Gasteiger partial charge in [0.05, 0.1) is 14.9 Å². The number of carboxylic acids is 2. The number of aromatic nitrogens is 1. The lowest BCUT2D eigenvalue weighted by Crippen LogP contribution is -2.25. The van der Waals surface area contributed by atoms with Crippen molar-refractivity contribution in [2.75, 3.05) is 19.6 Å². The Morgan fingerprint density at radius 3 is 2.48 bits per heavy atom. The minimum Gasteiger partial charge on any atom is -0.478 e. The summed E-state index contributed by atoms with van der Waals surface area (Å²) in [5, 5.41) is 18.2. The highest BCUT2D eigenvalue weighted by molar-refractivity contribution is 7.09. The van der Waals surface area contributed by atoms with Gasteiger partial charge in [-0.25, -0.2) is 14.6 Å². The number of nitrogens with zero attached hydrogens (tertiary/aromatic N) is 2. The molecule has 0 amide bonds. The van der Waals surface area contributed by atoms with E-state index in [1.807, 2.05) is 11.3 Å². The second-order valence-corrected chi connectivity index (χ2v) is 7.10. The van der Waals surface area contributed by atoms with Gasteiger partial charge in [-0.15, -0.1) is 11.3 Å². The van der Waals surface area contributed by atoms with Crippen LogP contribution in [0.15, 0.2) is 36.0 Å². The molecule has 0 bridgehead atoms. The van der Waals surface area contributed by atoms with E-state index in [0.717, 1.165) is 32.5 Å². The highest BCUT2D eigenvalue weighted by Gasteiger charge is 2.15. The van der Waals surface area contributed by atoms with Crippen LogP contribution in [0, 0.1) is 0 Å². The van der Waals surface area contributed by atoms with Gasteiger partial charge in [0, 0.05) is 25.1 Å². The zero-order valence-electron chi connectivity index (χ0n) is 15.5. The quantitative estimate of drug-likeness (QED) is 0.689. The Kier molecular flexibility index (Phi) is 7.69. The smallest absolute Gasteiger partial charge is 0.328 e. The van der Waals surface area contributed by atoms with Gasteiger partial charge in [-0.05, 0) is 36.7 Å². The van der Waals surface area contributed by atoms with Gasteiger partial charge in [-0.3, -0.25) is 0 Å². The molecule has 1 aromatic heterocycles. The molecule has 0 fully saturated rings. The fraction of sp³-hybridized carbons (Fsp3) is 0.350. The highest BCUT2D eigenvalue weighted by atomic mass is 32.1. The number of carbonyl (C=O) groups is 2. The van der Waals surface area contributed by atoms with E-state index in [1.165, 1.54) is 26.0 Å². The molecule has 1 heterocycles. The third-order valence-electron chi connectivity index (χ3n) is 4.26. The molecule has 2 aliphatic carbocycles. The SMILES string of the molecule is CCN(CC)CCc1nc2c(s1)=CC1=CC=CCC=21.O=C(O)C=CC(=O)O. The number of rotatable bonds is 7. The number of fused-ring (bicyclic) bond motifs is 2. The standard InChI is InChI=1S/C16H20N2S.C4H4O4/c1-3-18(4-2)10-9-15-17-16-13-8-6-5-7-12(13)11-14(16)19-15;5-3(6)1-2-4(7)8/h5-7,11H,3-4,8-10H2,1-2H3;1-2H,(H,5,6)(H,7,8). The molecule has 0 saturated heterocycles. The van der Waals surface area contributed by atoms with Gasteiger partial charge < -0.3 is 15.1 Å². The Bertz CT molecular complexity index is 889. The van der Waals surface area contributed by atoms with Crippen molar-refractivity contribution in [1.82, 2.24) is 9.88 Å². The first-order valence-electron chi connectivity index (χ1n) is 8.88. The molecule has 27 heavy (non-hydrogen) atoms. The molecule has 2 aliphatic rings. The van der Waals surface area contributed by atoms with Crippen molar-refractivity contribution in [2.24, 2.45) is 0 Å². The second kappa shape index (κ2) is 9.99. The van der Waals surface area contributed by atoms with Crippen LogP contribution >= 0.6 is 11.3 Å². The third-order valence-corrected chi connectivity index (χ3v) is 5.32. The minimum absolute atomic E-state index is 0.558. The first kappa shape index (κ1) is 20.8. The van der Waals surface area contributed by atoms with Crippen molar-refractivity contribution in [1.29, 1.82) is 0 Å². The van der Waals surface area contributed by atoms with Gasteiger partial charge in [0.1, 0.15) is 0 Å². The first-order valence-corrected chi connectivity index (χ1v) is 9.70. The molecule has 0 aliphatic heterocycles. The maximum atomic E-state index is 9.55. The van der Waals surface area contributed by atoms with Crippen LogP contribution in [0.1, 0.15) is 25.3 Å². The van der Waals surface area contributed by atoms with E-state index in [4.69, 9.17) is 15.2 Å². The molecule has 0 saturated carbocycles. The first-order chi connectivity index (χ1) is 12.9. The van der Waals surface area contributed by atoms with E-state index in [9.17, 15) is 9.59 Å². The van der Waals surface area contributed by atoms with Gasteiger partial charge in [-0.1, -0.05) is 32.1 Å². The summed E-state index contributed by atoms with van der Waals surface area (Å²) in [7, 11) is 0. The summed E-state index contributed by atoms with van der Waals surface area (Å²) in [5.41, 5.74) is 2.79. The molecular weight excluding hydrogens is 364 g/mol. The minimum atomic E-state index is -1.26. The van der Waals surface area contributed by atoms with E-state index < -0.39 is 11.9 Å². The fourth-order valence-electron chi connectivity index (χ4n) is 2.82. The number of likely N-dealkylation sites (N-methyl/N-ethyl adjacent to an activating group) is 1. The van der Waals surface area contributed by atoms with Crippen LogP contribution in [0.4, 0.5) is 0 Å². The Labute approximate surface area is 162 Å². The number of hydrogen-bond acceptors (Lipinski definition) is 5. The van der Waals surface area contributed by atoms with Gasteiger partial charge >= 0.3 is 11.9 Å². The van der Waals surface area contributed by atoms with Crippen LogP contribution in [0.25, 0.3) is 11.6 Å². The molecule has 0 aromatic carbocycles. The molecule has 0 spiro atoms. The number of allylic oxidation sites excluding steroid dienone is 4. The number of hydrogen-bond donors (Lipinski definition) is 2. The molecule has 144 valence electrons. The van der Waals surface area contributed by atoms with Crippen molar-refractivity contribution in [3.63, 3.8) is 0 Å².